The first-order valence-corrected chi connectivity index (χ1v) is 11.5. The Hall–Kier alpha value is -4.58. The minimum Gasteiger partial charge on any atom is -0.493 e. The molecule has 1 heterocycles. The van der Waals surface area contributed by atoms with Crippen molar-refractivity contribution in [1.82, 2.24) is 0 Å². The second kappa shape index (κ2) is 10.6. The Morgan fingerprint density at radius 3 is 2.57 bits per heavy atom. The number of methoxy groups -OCH3 is 1. The molecule has 1 aliphatic heterocycles. The Bertz CT molecular complexity index is 1500. The van der Waals surface area contributed by atoms with E-state index in [0.717, 1.165) is 0 Å². The van der Waals surface area contributed by atoms with Gasteiger partial charge in [-0.3, -0.25) is 20.2 Å². The van der Waals surface area contributed by atoms with Gasteiger partial charge in [0.05, 0.1) is 21.4 Å². The third-order valence-corrected chi connectivity index (χ3v) is 5.92. The maximum atomic E-state index is 12.4. The zero-order valence-corrected chi connectivity index (χ0v) is 21.1. The molecule has 3 aromatic rings. The minimum absolute atomic E-state index is 0.00237. The second-order valence-electron chi connectivity index (χ2n) is 7.84. The number of benzene rings is 3. The second-order valence-corrected chi connectivity index (χ2v) is 8.70. The van der Waals surface area contributed by atoms with E-state index >= 15 is 0 Å². The van der Waals surface area contributed by atoms with Gasteiger partial charge < -0.3 is 14.2 Å². The molecule has 0 aromatic heterocycles. The Labute approximate surface area is 218 Å². The van der Waals surface area contributed by atoms with E-state index in [-0.39, 0.29) is 29.6 Å². The molecule has 0 aliphatic carbocycles. The maximum Gasteiger partial charge on any atom is 0.363 e. The predicted octanol–water partition coefficient (Wildman–Crippen LogP) is 5.51. The van der Waals surface area contributed by atoms with E-state index in [1.165, 1.54) is 31.4 Å². The van der Waals surface area contributed by atoms with Gasteiger partial charge in [-0.25, -0.2) is 9.79 Å². The lowest BCUT2D eigenvalue weighted by Crippen LogP contribution is -2.06. The lowest BCUT2D eigenvalue weighted by atomic mass is 10.1. The largest absolute Gasteiger partial charge is 0.493 e. The van der Waals surface area contributed by atoms with Crippen LogP contribution in [0.25, 0.3) is 6.08 Å². The number of ether oxygens (including phenoxy) is 3. The fourth-order valence-electron chi connectivity index (χ4n) is 3.51. The van der Waals surface area contributed by atoms with Crippen molar-refractivity contribution >= 4 is 45.2 Å². The van der Waals surface area contributed by atoms with Gasteiger partial charge >= 0.3 is 5.97 Å². The van der Waals surface area contributed by atoms with Crippen LogP contribution >= 0.6 is 15.9 Å². The van der Waals surface area contributed by atoms with Crippen LogP contribution in [0.1, 0.15) is 22.3 Å². The summed E-state index contributed by atoms with van der Waals surface area (Å²) in [5.74, 6) is -0.0423. The average molecular weight is 568 g/mol. The summed E-state index contributed by atoms with van der Waals surface area (Å²) in [5.41, 5.74) is 1.76. The number of carbonyl (C=O) groups excluding carboxylic acids is 1. The van der Waals surface area contributed by atoms with Gasteiger partial charge in [-0.05, 0) is 58.3 Å². The van der Waals surface area contributed by atoms with Crippen LogP contribution in [0.5, 0.6) is 11.5 Å². The molecule has 0 spiro atoms. The number of hydrogen-bond acceptors (Lipinski definition) is 9. The molecule has 1 aliphatic rings. The Morgan fingerprint density at radius 1 is 1.08 bits per heavy atom. The number of aliphatic imine (C=N–C) groups is 1. The van der Waals surface area contributed by atoms with Crippen molar-refractivity contribution in [2.75, 3.05) is 7.11 Å². The van der Waals surface area contributed by atoms with Crippen LogP contribution in [-0.2, 0) is 16.1 Å². The molecule has 0 saturated carbocycles. The van der Waals surface area contributed by atoms with Crippen LogP contribution in [-0.4, -0.2) is 28.8 Å². The van der Waals surface area contributed by atoms with Gasteiger partial charge in [0.25, 0.3) is 11.4 Å². The standard InChI is InChI=1S/C25H18BrN3O8/c1-14-6-7-17(12-21(14)29(33)34)24-27-20(25(30)37-24)10-16-9-19(26)23(22(11-16)35-2)36-13-15-4-3-5-18(8-15)28(31)32/h3-12H,13H2,1-2H3/b20-10-. The summed E-state index contributed by atoms with van der Waals surface area (Å²) >= 11 is 3.43. The molecular formula is C25H18BrN3O8. The van der Waals surface area contributed by atoms with Crippen LogP contribution in [0.15, 0.2) is 69.8 Å². The quantitative estimate of drug-likeness (QED) is 0.150. The smallest absolute Gasteiger partial charge is 0.363 e. The number of esters is 1. The van der Waals surface area contributed by atoms with Crippen LogP contribution in [0.4, 0.5) is 11.4 Å². The lowest BCUT2D eigenvalue weighted by molar-refractivity contribution is -0.385. The normalized spacial score (nSPS) is 13.8. The monoisotopic (exact) mass is 567 g/mol. The molecular weight excluding hydrogens is 550 g/mol. The third-order valence-electron chi connectivity index (χ3n) is 5.33. The zero-order valence-electron chi connectivity index (χ0n) is 19.5. The zero-order chi connectivity index (χ0) is 26.7. The highest BCUT2D eigenvalue weighted by atomic mass is 79.9. The lowest BCUT2D eigenvalue weighted by Gasteiger charge is -2.13. The summed E-state index contributed by atoms with van der Waals surface area (Å²) < 4.78 is 17.0. The average Bonchev–Trinajstić information content (AvgIpc) is 3.23. The first-order chi connectivity index (χ1) is 17.7. The van der Waals surface area contributed by atoms with Crippen LogP contribution < -0.4 is 9.47 Å². The number of cyclic esters (lactones) is 1. The summed E-state index contributed by atoms with van der Waals surface area (Å²) in [6, 6.07) is 13.8. The summed E-state index contributed by atoms with van der Waals surface area (Å²) in [6.45, 7) is 1.66. The van der Waals surface area contributed by atoms with Crippen molar-refractivity contribution in [1.29, 1.82) is 0 Å². The molecule has 0 fully saturated rings. The molecule has 11 nitrogen and oxygen atoms in total. The number of nitro groups is 2. The van der Waals surface area contributed by atoms with Crippen molar-refractivity contribution in [3.05, 3.63) is 107 Å². The molecule has 0 unspecified atom stereocenters. The van der Waals surface area contributed by atoms with Crippen LogP contribution in [0, 0.1) is 27.2 Å². The Balaban J connectivity index is 1.59. The topological polar surface area (TPSA) is 143 Å². The fraction of sp³-hybridized carbons (Fsp3) is 0.120. The molecule has 0 N–H and O–H groups in total. The van der Waals surface area contributed by atoms with E-state index in [9.17, 15) is 25.0 Å². The molecule has 0 atom stereocenters. The molecule has 12 heteroatoms. The van der Waals surface area contributed by atoms with Crippen molar-refractivity contribution in [2.24, 2.45) is 4.99 Å². The number of halogens is 1. The number of nitro benzene ring substituents is 2. The molecule has 3 aromatic carbocycles. The highest BCUT2D eigenvalue weighted by Crippen LogP contribution is 2.38. The summed E-state index contributed by atoms with van der Waals surface area (Å²) in [4.78, 5) is 37.9. The van der Waals surface area contributed by atoms with Crippen LogP contribution in [0.3, 0.4) is 0 Å². The predicted molar refractivity (Wildman–Crippen MR) is 137 cm³/mol. The number of aryl methyl sites for hydroxylation is 1. The fourth-order valence-corrected chi connectivity index (χ4v) is 4.08. The van der Waals surface area contributed by atoms with Crippen molar-refractivity contribution in [3.8, 4) is 11.5 Å². The number of rotatable bonds is 8. The van der Waals surface area contributed by atoms with E-state index in [1.807, 2.05) is 0 Å². The van der Waals surface area contributed by atoms with E-state index in [4.69, 9.17) is 14.2 Å². The number of hydrogen-bond donors (Lipinski definition) is 0. The highest BCUT2D eigenvalue weighted by Gasteiger charge is 2.26. The summed E-state index contributed by atoms with van der Waals surface area (Å²) in [5, 5.41) is 22.2. The number of carbonyl (C=O) groups is 1. The molecule has 0 saturated heterocycles. The molecule has 4 rings (SSSR count). The summed E-state index contributed by atoms with van der Waals surface area (Å²) in [7, 11) is 1.45. The minimum atomic E-state index is -0.709. The highest BCUT2D eigenvalue weighted by molar-refractivity contribution is 9.10. The first kappa shape index (κ1) is 25.5. The third kappa shape index (κ3) is 5.64. The van der Waals surface area contributed by atoms with Crippen molar-refractivity contribution < 1.29 is 28.9 Å². The van der Waals surface area contributed by atoms with Gasteiger partial charge in [-0.1, -0.05) is 18.2 Å². The Kier molecular flexibility index (Phi) is 7.30. The molecule has 188 valence electrons. The van der Waals surface area contributed by atoms with Gasteiger partial charge in [0.1, 0.15) is 6.61 Å². The van der Waals surface area contributed by atoms with Crippen LogP contribution in [0.2, 0.25) is 0 Å². The van der Waals surface area contributed by atoms with E-state index in [1.54, 1.807) is 43.3 Å². The summed E-state index contributed by atoms with van der Waals surface area (Å²) in [6.07, 6.45) is 1.48. The van der Waals surface area contributed by atoms with E-state index in [2.05, 4.69) is 20.9 Å². The van der Waals surface area contributed by atoms with Gasteiger partial charge in [-0.15, -0.1) is 0 Å². The molecule has 37 heavy (non-hydrogen) atoms. The van der Waals surface area contributed by atoms with Gasteiger partial charge in [0, 0.05) is 29.3 Å². The van der Waals surface area contributed by atoms with E-state index < -0.39 is 15.8 Å². The van der Waals surface area contributed by atoms with Gasteiger partial charge in [-0.2, -0.15) is 0 Å². The molecule has 0 radical (unpaired) electrons. The number of non-ortho nitro benzene ring substituents is 1. The molecule has 0 bridgehead atoms. The van der Waals surface area contributed by atoms with Crippen molar-refractivity contribution in [2.45, 2.75) is 13.5 Å². The molecule has 0 amide bonds. The van der Waals surface area contributed by atoms with E-state index in [0.29, 0.717) is 38.2 Å². The van der Waals surface area contributed by atoms with Crippen molar-refractivity contribution in [3.63, 3.8) is 0 Å². The van der Waals surface area contributed by atoms with Gasteiger partial charge in [0.2, 0.25) is 5.90 Å². The maximum absolute atomic E-state index is 12.4. The number of nitrogens with zero attached hydrogens (tertiary/aromatic N) is 3. The Morgan fingerprint density at radius 2 is 1.86 bits per heavy atom. The first-order valence-electron chi connectivity index (χ1n) is 10.7. The van der Waals surface area contributed by atoms with Gasteiger partial charge in [0.15, 0.2) is 17.2 Å². The SMILES string of the molecule is COc1cc(/C=C2\N=C(c3ccc(C)c([N+](=O)[O-])c3)OC2=O)cc(Br)c1OCc1cccc([N+](=O)[O-])c1.